The Bertz CT molecular complexity index is 805. The number of halogens is 1. The van der Waals surface area contributed by atoms with E-state index in [0.717, 1.165) is 0 Å². The molecule has 0 saturated carbocycles. The maximum Gasteiger partial charge on any atom is 0.339 e. The molecule has 2 aromatic rings. The Balaban J connectivity index is 1.58. The van der Waals surface area contributed by atoms with E-state index in [1.165, 1.54) is 6.07 Å². The molecule has 1 atom stereocenters. The van der Waals surface area contributed by atoms with Crippen molar-refractivity contribution in [2.24, 2.45) is 0 Å². The molecule has 1 N–H and O–H groups in total. The summed E-state index contributed by atoms with van der Waals surface area (Å²) in [4.78, 5) is 25.3. The first kappa shape index (κ1) is 16.4. The highest BCUT2D eigenvalue weighted by molar-refractivity contribution is 6.30. The fourth-order valence-electron chi connectivity index (χ4n) is 2.61. The van der Waals surface area contributed by atoms with Crippen LogP contribution in [0, 0.1) is 6.92 Å². The second kappa shape index (κ2) is 6.97. The Kier molecular flexibility index (Phi) is 4.76. The third-order valence-corrected chi connectivity index (χ3v) is 3.91. The van der Waals surface area contributed by atoms with E-state index in [0.29, 0.717) is 41.7 Å². The van der Waals surface area contributed by atoms with Crippen LogP contribution in [-0.2, 0) is 0 Å². The highest BCUT2D eigenvalue weighted by Gasteiger charge is 2.28. The second-order valence-electron chi connectivity index (χ2n) is 5.64. The van der Waals surface area contributed by atoms with Gasteiger partial charge in [-0.05, 0) is 25.1 Å². The molecule has 2 heterocycles. The predicted octanol–water partition coefficient (Wildman–Crippen LogP) is 3.29. The summed E-state index contributed by atoms with van der Waals surface area (Å²) >= 11 is 5.91. The standard InChI is InChI=1S/C17H17ClN2O4/c1-11-7-15(9-16(21)23-11)24-14-5-6-20(10-14)17(22)19-13-4-2-3-12(18)8-13/h2-4,7-9,14H,5-6,10H2,1H3,(H,19,22). The third-order valence-electron chi connectivity index (χ3n) is 3.68. The molecule has 0 aliphatic carbocycles. The van der Waals surface area contributed by atoms with Gasteiger partial charge < -0.3 is 19.4 Å². The van der Waals surface area contributed by atoms with Gasteiger partial charge in [0.2, 0.25) is 0 Å². The molecule has 6 nitrogen and oxygen atoms in total. The predicted molar refractivity (Wildman–Crippen MR) is 90.8 cm³/mol. The Morgan fingerprint density at radius 3 is 2.96 bits per heavy atom. The molecule has 0 spiro atoms. The zero-order valence-corrected chi connectivity index (χ0v) is 13.9. The Morgan fingerprint density at radius 1 is 1.38 bits per heavy atom. The van der Waals surface area contributed by atoms with Crippen LogP contribution >= 0.6 is 11.6 Å². The van der Waals surface area contributed by atoms with Gasteiger partial charge in [-0.1, -0.05) is 17.7 Å². The third kappa shape index (κ3) is 4.08. The molecule has 1 aliphatic rings. The molecular formula is C17H17ClN2O4. The van der Waals surface area contributed by atoms with Crippen molar-refractivity contribution in [2.45, 2.75) is 19.4 Å². The quantitative estimate of drug-likeness (QED) is 0.923. The summed E-state index contributed by atoms with van der Waals surface area (Å²) in [5.41, 5.74) is 0.201. The van der Waals surface area contributed by atoms with Crippen LogP contribution < -0.4 is 15.7 Å². The molecule has 3 rings (SSSR count). The van der Waals surface area contributed by atoms with E-state index < -0.39 is 5.63 Å². The molecule has 1 aromatic carbocycles. The number of carbonyl (C=O) groups excluding carboxylic acids is 1. The van der Waals surface area contributed by atoms with E-state index in [-0.39, 0.29) is 12.1 Å². The van der Waals surface area contributed by atoms with Crippen molar-refractivity contribution in [3.05, 3.63) is 57.6 Å². The van der Waals surface area contributed by atoms with E-state index in [1.54, 1.807) is 42.2 Å². The van der Waals surface area contributed by atoms with Crippen molar-refractivity contribution in [3.63, 3.8) is 0 Å². The fourth-order valence-corrected chi connectivity index (χ4v) is 2.80. The van der Waals surface area contributed by atoms with Crippen LogP contribution in [0.1, 0.15) is 12.2 Å². The van der Waals surface area contributed by atoms with Gasteiger partial charge in [0.25, 0.3) is 0 Å². The molecule has 7 heteroatoms. The van der Waals surface area contributed by atoms with Crippen LogP contribution in [0.5, 0.6) is 5.75 Å². The minimum atomic E-state index is -0.446. The van der Waals surface area contributed by atoms with Crippen molar-refractivity contribution in [1.29, 1.82) is 0 Å². The van der Waals surface area contributed by atoms with Crippen LogP contribution in [0.2, 0.25) is 5.02 Å². The SMILES string of the molecule is Cc1cc(OC2CCN(C(=O)Nc3cccc(Cl)c3)C2)cc(=O)o1. The number of rotatable bonds is 3. The van der Waals surface area contributed by atoms with Crippen LogP contribution in [0.4, 0.5) is 10.5 Å². The number of ether oxygens (including phenoxy) is 1. The summed E-state index contributed by atoms with van der Waals surface area (Å²) in [7, 11) is 0. The Hall–Kier alpha value is -2.47. The lowest BCUT2D eigenvalue weighted by molar-refractivity contribution is 0.193. The molecular weight excluding hydrogens is 332 g/mol. The van der Waals surface area contributed by atoms with E-state index in [2.05, 4.69) is 5.32 Å². The first-order valence-electron chi connectivity index (χ1n) is 7.59. The number of amides is 2. The Labute approximate surface area is 144 Å². The van der Waals surface area contributed by atoms with Gasteiger partial charge in [-0.15, -0.1) is 0 Å². The molecule has 1 aliphatic heterocycles. The van der Waals surface area contributed by atoms with E-state index in [4.69, 9.17) is 20.8 Å². The van der Waals surface area contributed by atoms with Crippen molar-refractivity contribution in [1.82, 2.24) is 4.90 Å². The zero-order chi connectivity index (χ0) is 17.1. The van der Waals surface area contributed by atoms with Gasteiger partial charge in [0, 0.05) is 29.7 Å². The lowest BCUT2D eigenvalue weighted by atomic mass is 10.3. The summed E-state index contributed by atoms with van der Waals surface area (Å²) in [6, 6.07) is 9.76. The molecule has 126 valence electrons. The summed E-state index contributed by atoms with van der Waals surface area (Å²) in [5.74, 6) is 0.955. The molecule has 1 aromatic heterocycles. The van der Waals surface area contributed by atoms with Crippen molar-refractivity contribution in [2.75, 3.05) is 18.4 Å². The summed E-state index contributed by atoms with van der Waals surface area (Å²) < 4.78 is 10.7. The highest BCUT2D eigenvalue weighted by Crippen LogP contribution is 2.20. The lowest BCUT2D eigenvalue weighted by Crippen LogP contribution is -2.34. The zero-order valence-electron chi connectivity index (χ0n) is 13.1. The number of carbonyl (C=O) groups is 1. The van der Waals surface area contributed by atoms with E-state index in [9.17, 15) is 9.59 Å². The van der Waals surface area contributed by atoms with E-state index in [1.807, 2.05) is 0 Å². The maximum absolute atomic E-state index is 12.3. The van der Waals surface area contributed by atoms with Gasteiger partial charge in [-0.3, -0.25) is 0 Å². The number of benzene rings is 1. The topological polar surface area (TPSA) is 71.8 Å². The van der Waals surface area contributed by atoms with Crippen LogP contribution in [0.15, 0.2) is 45.6 Å². The molecule has 1 unspecified atom stereocenters. The number of urea groups is 1. The maximum atomic E-state index is 12.3. The van der Waals surface area contributed by atoms with Gasteiger partial charge in [-0.25, -0.2) is 9.59 Å². The average Bonchev–Trinajstić information content (AvgIpc) is 2.94. The number of anilines is 1. The first-order valence-corrected chi connectivity index (χ1v) is 7.97. The molecule has 2 amide bonds. The van der Waals surface area contributed by atoms with Crippen LogP contribution in [0.25, 0.3) is 0 Å². The lowest BCUT2D eigenvalue weighted by Gasteiger charge is -2.18. The molecule has 0 bridgehead atoms. The second-order valence-corrected chi connectivity index (χ2v) is 6.07. The number of nitrogens with one attached hydrogen (secondary N) is 1. The van der Waals surface area contributed by atoms with Gasteiger partial charge in [0.05, 0.1) is 12.6 Å². The summed E-state index contributed by atoms with van der Waals surface area (Å²) in [6.07, 6.45) is 0.540. The molecule has 24 heavy (non-hydrogen) atoms. The molecule has 0 radical (unpaired) electrons. The van der Waals surface area contributed by atoms with Gasteiger partial charge in [-0.2, -0.15) is 0 Å². The summed E-state index contributed by atoms with van der Waals surface area (Å²) in [6.45, 7) is 2.72. The number of nitrogens with zero attached hydrogens (tertiary/aromatic N) is 1. The number of hydrogen-bond acceptors (Lipinski definition) is 4. The van der Waals surface area contributed by atoms with Crippen molar-refractivity contribution >= 4 is 23.3 Å². The number of likely N-dealkylation sites (tertiary alicyclic amines) is 1. The highest BCUT2D eigenvalue weighted by atomic mass is 35.5. The van der Waals surface area contributed by atoms with Crippen molar-refractivity contribution in [3.8, 4) is 5.75 Å². The summed E-state index contributed by atoms with van der Waals surface area (Å²) in [5, 5.41) is 3.37. The molecule has 1 saturated heterocycles. The normalized spacial score (nSPS) is 16.9. The van der Waals surface area contributed by atoms with Gasteiger partial charge >= 0.3 is 11.7 Å². The fraction of sp³-hybridized carbons (Fsp3) is 0.294. The van der Waals surface area contributed by atoms with E-state index >= 15 is 0 Å². The number of hydrogen-bond donors (Lipinski definition) is 1. The number of aryl methyl sites for hydroxylation is 1. The van der Waals surface area contributed by atoms with Gasteiger partial charge in [0.15, 0.2) is 0 Å². The first-order chi connectivity index (χ1) is 11.5. The monoisotopic (exact) mass is 348 g/mol. The minimum Gasteiger partial charge on any atom is -0.488 e. The van der Waals surface area contributed by atoms with Crippen LogP contribution in [0.3, 0.4) is 0 Å². The minimum absolute atomic E-state index is 0.156. The average molecular weight is 349 g/mol. The van der Waals surface area contributed by atoms with Gasteiger partial charge in [0.1, 0.15) is 17.6 Å². The van der Waals surface area contributed by atoms with Crippen LogP contribution in [-0.4, -0.2) is 30.1 Å². The van der Waals surface area contributed by atoms with Crippen molar-refractivity contribution < 1.29 is 13.9 Å². The molecule has 1 fully saturated rings. The largest absolute Gasteiger partial charge is 0.488 e. The smallest absolute Gasteiger partial charge is 0.339 e. The Morgan fingerprint density at radius 2 is 2.21 bits per heavy atom.